The van der Waals surface area contributed by atoms with E-state index in [0.29, 0.717) is 0 Å². The van der Waals surface area contributed by atoms with Gasteiger partial charge in [-0.25, -0.2) is 4.79 Å². The van der Waals surface area contributed by atoms with Gasteiger partial charge in [-0.15, -0.1) is 0 Å². The molecular weight excluding hydrogens is 287 g/mol. The highest BCUT2D eigenvalue weighted by Crippen LogP contribution is 2.25. The Hall–Kier alpha value is -1.76. The van der Waals surface area contributed by atoms with Gasteiger partial charge in [0.05, 0.1) is 0 Å². The van der Waals surface area contributed by atoms with Crippen LogP contribution in [0.4, 0.5) is 13.2 Å². The Kier molecular flexibility index (Phi) is 5.22. The maximum Gasteiger partial charge on any atom is 0.407 e. The van der Waals surface area contributed by atoms with Crippen molar-refractivity contribution in [2.75, 3.05) is 0 Å². The predicted octanol–water partition coefficient (Wildman–Crippen LogP) is 2.67. The molecule has 0 spiro atoms. The molecule has 0 bridgehead atoms. The van der Waals surface area contributed by atoms with Gasteiger partial charge in [-0.05, 0) is 32.9 Å². The molecule has 0 fully saturated rings. The largest absolute Gasteiger partial charge is 0.477 e. The Morgan fingerprint density at radius 2 is 1.67 bits per heavy atom. The Balaban J connectivity index is 2.97. The van der Waals surface area contributed by atoms with Gasteiger partial charge in [0, 0.05) is 0 Å². The Bertz CT molecular complexity index is 469. The Morgan fingerprint density at radius 1 is 1.14 bits per heavy atom. The van der Waals surface area contributed by atoms with Gasteiger partial charge in [0.2, 0.25) is 6.10 Å². The number of ether oxygens (including phenoxy) is 2. The number of rotatable bonds is 4. The monoisotopic (exact) mass is 305 g/mol. The van der Waals surface area contributed by atoms with Crippen LogP contribution in [0, 0.1) is 0 Å². The molecular formula is C14H18F3NO3. The first-order chi connectivity index (χ1) is 9.50. The number of esters is 1. The summed E-state index contributed by atoms with van der Waals surface area (Å²) in [7, 11) is 0. The predicted molar refractivity (Wildman–Crippen MR) is 70.7 cm³/mol. The summed E-state index contributed by atoms with van der Waals surface area (Å²) < 4.78 is 48.4. The summed E-state index contributed by atoms with van der Waals surface area (Å²) in [6.07, 6.45) is -6.75. The molecule has 21 heavy (non-hydrogen) atoms. The summed E-state index contributed by atoms with van der Waals surface area (Å²) in [5.74, 6) is -1.05. The lowest BCUT2D eigenvalue weighted by molar-refractivity contribution is -0.189. The summed E-state index contributed by atoms with van der Waals surface area (Å²) in [6, 6.07) is 5.19. The van der Waals surface area contributed by atoms with Crippen molar-refractivity contribution >= 4 is 5.97 Å². The molecule has 0 amide bonds. The number of para-hydroxylation sites is 1. The van der Waals surface area contributed by atoms with Crippen molar-refractivity contribution in [3.8, 4) is 5.75 Å². The number of nitrogens with two attached hydrogens (primary N) is 1. The van der Waals surface area contributed by atoms with E-state index in [2.05, 4.69) is 0 Å². The van der Waals surface area contributed by atoms with Crippen LogP contribution in [-0.4, -0.2) is 29.9 Å². The van der Waals surface area contributed by atoms with Gasteiger partial charge in [-0.2, -0.15) is 13.2 Å². The average molecular weight is 305 g/mol. The van der Waals surface area contributed by atoms with E-state index in [-0.39, 0.29) is 5.75 Å². The third kappa shape index (κ3) is 5.63. The van der Waals surface area contributed by atoms with Crippen LogP contribution < -0.4 is 10.5 Å². The molecule has 0 radical (unpaired) electrons. The second-order valence-electron chi connectivity index (χ2n) is 5.45. The van der Waals surface area contributed by atoms with Gasteiger partial charge >= 0.3 is 12.1 Å². The molecule has 1 aromatic carbocycles. The fourth-order valence-electron chi connectivity index (χ4n) is 1.45. The molecule has 0 unspecified atom stereocenters. The number of carbonyl (C=O) groups excluding carboxylic acids is 1. The van der Waals surface area contributed by atoms with Crippen LogP contribution in [0.1, 0.15) is 20.8 Å². The quantitative estimate of drug-likeness (QED) is 0.869. The molecule has 7 heteroatoms. The van der Waals surface area contributed by atoms with Crippen molar-refractivity contribution < 1.29 is 27.4 Å². The van der Waals surface area contributed by atoms with E-state index in [1.807, 2.05) is 0 Å². The molecule has 2 atom stereocenters. The molecule has 4 nitrogen and oxygen atoms in total. The number of halogens is 3. The van der Waals surface area contributed by atoms with Crippen LogP contribution in [0.25, 0.3) is 0 Å². The molecule has 0 aromatic heterocycles. The van der Waals surface area contributed by atoms with E-state index in [1.165, 1.54) is 12.1 Å². The van der Waals surface area contributed by atoms with Crippen LogP contribution in [0.15, 0.2) is 30.3 Å². The van der Waals surface area contributed by atoms with E-state index in [1.54, 1.807) is 39.0 Å². The summed E-state index contributed by atoms with van der Waals surface area (Å²) in [4.78, 5) is 11.9. The molecule has 0 saturated carbocycles. The lowest BCUT2D eigenvalue weighted by atomic mass is 10.1. The van der Waals surface area contributed by atoms with Crippen LogP contribution in [0.2, 0.25) is 0 Å². The van der Waals surface area contributed by atoms with E-state index in [0.717, 1.165) is 0 Å². The lowest BCUT2D eigenvalue weighted by Gasteiger charge is -2.28. The third-order valence-electron chi connectivity index (χ3n) is 2.35. The van der Waals surface area contributed by atoms with Gasteiger partial charge in [0.1, 0.15) is 17.4 Å². The number of hydrogen-bond donors (Lipinski definition) is 1. The van der Waals surface area contributed by atoms with E-state index >= 15 is 0 Å². The number of hydrogen-bond acceptors (Lipinski definition) is 4. The smallest absolute Gasteiger partial charge is 0.407 e. The molecule has 1 aromatic rings. The van der Waals surface area contributed by atoms with Crippen LogP contribution in [0.3, 0.4) is 0 Å². The highest BCUT2D eigenvalue weighted by atomic mass is 19.4. The van der Waals surface area contributed by atoms with E-state index in [4.69, 9.17) is 15.2 Å². The minimum atomic E-state index is -4.78. The molecule has 1 rings (SSSR count). The van der Waals surface area contributed by atoms with Crippen molar-refractivity contribution in [3.63, 3.8) is 0 Å². The summed E-state index contributed by atoms with van der Waals surface area (Å²) in [5, 5.41) is 0. The minimum absolute atomic E-state index is 0.105. The fourth-order valence-corrected chi connectivity index (χ4v) is 1.45. The second kappa shape index (κ2) is 6.34. The average Bonchev–Trinajstić information content (AvgIpc) is 2.33. The summed E-state index contributed by atoms with van der Waals surface area (Å²) in [5.41, 5.74) is 4.17. The van der Waals surface area contributed by atoms with Crippen LogP contribution in [-0.2, 0) is 9.53 Å². The topological polar surface area (TPSA) is 61.5 Å². The standard InChI is InChI=1S/C14H18F3NO3/c1-13(2,3)21-12(19)10(11(18)14(15,16)17)20-9-7-5-4-6-8-9/h4-8,10-11H,18H2,1-3H3/t10-,11-/m1/s1. The molecule has 0 heterocycles. The van der Waals surface area contributed by atoms with Gasteiger partial charge in [0.15, 0.2) is 0 Å². The SMILES string of the molecule is CC(C)(C)OC(=O)[C@H](Oc1ccccc1)[C@@H](N)C(F)(F)F. The first-order valence-electron chi connectivity index (χ1n) is 6.27. The van der Waals surface area contributed by atoms with Crippen molar-refractivity contribution in [2.24, 2.45) is 5.73 Å². The fraction of sp³-hybridized carbons (Fsp3) is 0.500. The lowest BCUT2D eigenvalue weighted by Crippen LogP contribution is -2.54. The minimum Gasteiger partial charge on any atom is -0.477 e. The van der Waals surface area contributed by atoms with Crippen molar-refractivity contribution in [3.05, 3.63) is 30.3 Å². The summed E-state index contributed by atoms with van der Waals surface area (Å²) in [6.45, 7) is 4.64. The zero-order valence-electron chi connectivity index (χ0n) is 12.0. The van der Waals surface area contributed by atoms with Gasteiger partial charge in [-0.1, -0.05) is 18.2 Å². The first-order valence-corrected chi connectivity index (χ1v) is 6.27. The highest BCUT2D eigenvalue weighted by Gasteiger charge is 2.48. The molecule has 0 aliphatic heterocycles. The molecule has 118 valence electrons. The molecule has 0 aliphatic rings. The Morgan fingerprint density at radius 3 is 2.10 bits per heavy atom. The van der Waals surface area contributed by atoms with Crippen LogP contribution >= 0.6 is 0 Å². The van der Waals surface area contributed by atoms with Crippen molar-refractivity contribution in [1.29, 1.82) is 0 Å². The van der Waals surface area contributed by atoms with Crippen LogP contribution in [0.5, 0.6) is 5.75 Å². The van der Waals surface area contributed by atoms with Gasteiger partial charge in [-0.3, -0.25) is 0 Å². The third-order valence-corrected chi connectivity index (χ3v) is 2.35. The molecule has 0 saturated heterocycles. The number of carbonyl (C=O) groups is 1. The summed E-state index contributed by atoms with van der Waals surface area (Å²) >= 11 is 0. The maximum atomic E-state index is 12.8. The normalized spacial score (nSPS) is 15.2. The highest BCUT2D eigenvalue weighted by molar-refractivity contribution is 5.76. The van der Waals surface area contributed by atoms with E-state index < -0.39 is 29.9 Å². The maximum absolute atomic E-state index is 12.8. The number of benzene rings is 1. The Labute approximate surface area is 121 Å². The van der Waals surface area contributed by atoms with Gasteiger partial charge in [0.25, 0.3) is 0 Å². The van der Waals surface area contributed by atoms with Gasteiger partial charge < -0.3 is 15.2 Å². The molecule has 2 N–H and O–H groups in total. The van der Waals surface area contributed by atoms with Crippen molar-refractivity contribution in [2.45, 2.75) is 44.7 Å². The number of alkyl halides is 3. The molecule has 0 aliphatic carbocycles. The van der Waals surface area contributed by atoms with Crippen molar-refractivity contribution in [1.82, 2.24) is 0 Å². The van der Waals surface area contributed by atoms with E-state index in [9.17, 15) is 18.0 Å². The first kappa shape index (κ1) is 17.3. The zero-order valence-corrected chi connectivity index (χ0v) is 12.0. The second-order valence-corrected chi connectivity index (χ2v) is 5.45. The zero-order chi connectivity index (χ0) is 16.3.